The van der Waals surface area contributed by atoms with Gasteiger partial charge in [-0.2, -0.15) is 0 Å². The van der Waals surface area contributed by atoms with Crippen molar-refractivity contribution in [1.29, 1.82) is 0 Å². The second-order valence-corrected chi connectivity index (χ2v) is 4.50. The van der Waals surface area contributed by atoms with Crippen LogP contribution in [0.4, 0.5) is 0 Å². The fourth-order valence-electron chi connectivity index (χ4n) is 1.93. The van der Waals surface area contributed by atoms with Crippen LogP contribution < -0.4 is 9.47 Å². The van der Waals surface area contributed by atoms with Gasteiger partial charge in [0.25, 0.3) is 0 Å². The van der Waals surface area contributed by atoms with Crippen LogP contribution in [0.25, 0.3) is 0 Å². The van der Waals surface area contributed by atoms with Crippen molar-refractivity contribution in [2.24, 2.45) is 0 Å². The molecule has 0 saturated heterocycles. The van der Waals surface area contributed by atoms with E-state index >= 15 is 0 Å². The van der Waals surface area contributed by atoms with Crippen molar-refractivity contribution in [3.8, 4) is 11.5 Å². The van der Waals surface area contributed by atoms with Crippen LogP contribution in [-0.2, 0) is 11.2 Å². The molecule has 0 aromatic heterocycles. The van der Waals surface area contributed by atoms with Crippen molar-refractivity contribution >= 4 is 5.97 Å². The monoisotopic (exact) mass is 251 g/mol. The topological polar surface area (TPSA) is 59.0 Å². The molecule has 1 aromatic rings. The first-order chi connectivity index (χ1) is 8.58. The van der Waals surface area contributed by atoms with E-state index in [0.29, 0.717) is 25.4 Å². The van der Waals surface area contributed by atoms with Crippen LogP contribution in [0.3, 0.4) is 0 Å². The average Bonchev–Trinajstić information content (AvgIpc) is 2.35. The SMILES string of the molecule is CN(C)C(Cc1ccc2c(c1)OCCO2)C(=O)O. The van der Waals surface area contributed by atoms with Crippen LogP contribution in [0.1, 0.15) is 5.56 Å². The minimum atomic E-state index is -0.824. The van der Waals surface area contributed by atoms with E-state index in [-0.39, 0.29) is 0 Å². The first-order valence-corrected chi connectivity index (χ1v) is 5.85. The summed E-state index contributed by atoms with van der Waals surface area (Å²) in [6.45, 7) is 1.09. The van der Waals surface area contributed by atoms with Gasteiger partial charge in [-0.05, 0) is 38.2 Å². The number of nitrogens with zero attached hydrogens (tertiary/aromatic N) is 1. The number of fused-ring (bicyclic) bond motifs is 1. The van der Waals surface area contributed by atoms with Crippen LogP contribution in [0, 0.1) is 0 Å². The molecule has 0 aliphatic carbocycles. The van der Waals surface area contributed by atoms with Crippen LogP contribution in [0.5, 0.6) is 11.5 Å². The number of hydrogen-bond donors (Lipinski definition) is 1. The van der Waals surface area contributed by atoms with E-state index in [9.17, 15) is 4.79 Å². The molecule has 0 bridgehead atoms. The zero-order valence-corrected chi connectivity index (χ0v) is 10.5. The normalized spacial score (nSPS) is 15.5. The molecule has 5 heteroatoms. The Bertz CT molecular complexity index is 445. The number of carbonyl (C=O) groups is 1. The Morgan fingerprint density at radius 2 is 2.00 bits per heavy atom. The second kappa shape index (κ2) is 5.27. The number of rotatable bonds is 4. The predicted molar refractivity (Wildman–Crippen MR) is 66.2 cm³/mol. The van der Waals surface area contributed by atoms with Crippen LogP contribution in [-0.4, -0.2) is 49.3 Å². The van der Waals surface area contributed by atoms with E-state index in [4.69, 9.17) is 14.6 Å². The minimum Gasteiger partial charge on any atom is -0.486 e. The summed E-state index contributed by atoms with van der Waals surface area (Å²) in [7, 11) is 3.52. The molecule has 0 fully saturated rings. The maximum Gasteiger partial charge on any atom is 0.321 e. The molecule has 0 saturated carbocycles. The van der Waals surface area contributed by atoms with E-state index < -0.39 is 12.0 Å². The zero-order chi connectivity index (χ0) is 13.1. The summed E-state index contributed by atoms with van der Waals surface area (Å²) in [4.78, 5) is 12.8. The molecule has 1 aliphatic heterocycles. The summed E-state index contributed by atoms with van der Waals surface area (Å²) in [6, 6.07) is 5.03. The molecule has 1 N–H and O–H groups in total. The third kappa shape index (κ3) is 2.73. The van der Waals surface area contributed by atoms with Gasteiger partial charge in [0.15, 0.2) is 11.5 Å². The van der Waals surface area contributed by atoms with E-state index in [0.717, 1.165) is 11.3 Å². The summed E-state index contributed by atoms with van der Waals surface area (Å²) < 4.78 is 10.9. The summed E-state index contributed by atoms with van der Waals surface area (Å²) in [5, 5.41) is 9.15. The number of benzene rings is 1. The minimum absolute atomic E-state index is 0.443. The highest BCUT2D eigenvalue weighted by molar-refractivity contribution is 5.73. The fraction of sp³-hybridized carbons (Fsp3) is 0.462. The van der Waals surface area contributed by atoms with Crippen molar-refractivity contribution < 1.29 is 19.4 Å². The highest BCUT2D eigenvalue weighted by Crippen LogP contribution is 2.31. The van der Waals surface area contributed by atoms with Crippen LogP contribution in [0.15, 0.2) is 18.2 Å². The van der Waals surface area contributed by atoms with Gasteiger partial charge in [0, 0.05) is 0 Å². The lowest BCUT2D eigenvalue weighted by molar-refractivity contribution is -0.142. The molecular formula is C13H17NO4. The zero-order valence-electron chi connectivity index (χ0n) is 10.5. The smallest absolute Gasteiger partial charge is 0.321 e. The molecule has 1 unspecified atom stereocenters. The lowest BCUT2D eigenvalue weighted by atomic mass is 10.0. The molecule has 0 radical (unpaired) electrons. The Kier molecular flexibility index (Phi) is 3.72. The first-order valence-electron chi connectivity index (χ1n) is 5.85. The first kappa shape index (κ1) is 12.7. The largest absolute Gasteiger partial charge is 0.486 e. The van der Waals surface area contributed by atoms with Crippen LogP contribution in [0.2, 0.25) is 0 Å². The van der Waals surface area contributed by atoms with E-state index in [1.807, 2.05) is 18.2 Å². The maximum atomic E-state index is 11.1. The standard InChI is InChI=1S/C13H17NO4/c1-14(2)10(13(15)16)7-9-3-4-11-12(8-9)18-6-5-17-11/h3-4,8,10H,5-7H2,1-2H3,(H,15,16). The molecule has 5 nitrogen and oxygen atoms in total. The van der Waals surface area contributed by atoms with Crippen molar-refractivity contribution in [2.75, 3.05) is 27.3 Å². The summed E-state index contributed by atoms with van der Waals surface area (Å²) >= 11 is 0. The Morgan fingerprint density at radius 1 is 1.33 bits per heavy atom. The van der Waals surface area contributed by atoms with E-state index in [1.54, 1.807) is 19.0 Å². The fourth-order valence-corrected chi connectivity index (χ4v) is 1.93. The lowest BCUT2D eigenvalue weighted by Gasteiger charge is -2.22. The van der Waals surface area contributed by atoms with Gasteiger partial charge in [0.1, 0.15) is 19.3 Å². The van der Waals surface area contributed by atoms with E-state index in [1.165, 1.54) is 0 Å². The van der Waals surface area contributed by atoms with Gasteiger partial charge in [-0.15, -0.1) is 0 Å². The lowest BCUT2D eigenvalue weighted by Crippen LogP contribution is -2.37. The summed E-state index contributed by atoms with van der Waals surface area (Å²) in [5.74, 6) is 0.596. The molecule has 18 heavy (non-hydrogen) atoms. The highest BCUT2D eigenvalue weighted by atomic mass is 16.6. The molecule has 98 valence electrons. The molecule has 0 amide bonds. The van der Waals surface area contributed by atoms with Crippen molar-refractivity contribution in [2.45, 2.75) is 12.5 Å². The summed E-state index contributed by atoms with van der Waals surface area (Å²) in [5.41, 5.74) is 0.931. The van der Waals surface area contributed by atoms with E-state index in [2.05, 4.69) is 0 Å². The number of aliphatic carboxylic acids is 1. The Labute approximate surface area is 106 Å². The molecule has 2 rings (SSSR count). The van der Waals surface area contributed by atoms with Crippen molar-refractivity contribution in [3.05, 3.63) is 23.8 Å². The molecular weight excluding hydrogens is 234 g/mol. The number of ether oxygens (including phenoxy) is 2. The van der Waals surface area contributed by atoms with Gasteiger partial charge in [0.2, 0.25) is 0 Å². The van der Waals surface area contributed by atoms with Crippen LogP contribution >= 0.6 is 0 Å². The molecule has 1 heterocycles. The van der Waals surface area contributed by atoms with Gasteiger partial charge in [-0.3, -0.25) is 9.69 Å². The van der Waals surface area contributed by atoms with Gasteiger partial charge in [-0.1, -0.05) is 6.07 Å². The Morgan fingerprint density at radius 3 is 2.61 bits per heavy atom. The van der Waals surface area contributed by atoms with Gasteiger partial charge < -0.3 is 14.6 Å². The van der Waals surface area contributed by atoms with Crippen molar-refractivity contribution in [1.82, 2.24) is 4.90 Å². The van der Waals surface area contributed by atoms with Gasteiger partial charge in [0.05, 0.1) is 0 Å². The quantitative estimate of drug-likeness (QED) is 0.865. The molecule has 0 spiro atoms. The Balaban J connectivity index is 2.16. The molecule has 1 aliphatic rings. The molecule has 1 aromatic carbocycles. The predicted octanol–water partition coefficient (Wildman–Crippen LogP) is 1.02. The number of carboxylic acid groups (broad SMARTS) is 1. The summed E-state index contributed by atoms with van der Waals surface area (Å²) in [6.07, 6.45) is 0.443. The highest BCUT2D eigenvalue weighted by Gasteiger charge is 2.21. The Hall–Kier alpha value is -1.75. The second-order valence-electron chi connectivity index (χ2n) is 4.50. The number of carboxylic acids is 1. The number of likely N-dealkylation sites (N-methyl/N-ethyl adjacent to an activating group) is 1. The van der Waals surface area contributed by atoms with Gasteiger partial charge >= 0.3 is 5.97 Å². The average molecular weight is 251 g/mol. The third-order valence-electron chi connectivity index (χ3n) is 2.94. The maximum absolute atomic E-state index is 11.1. The third-order valence-corrected chi connectivity index (χ3v) is 2.94. The number of hydrogen-bond acceptors (Lipinski definition) is 4. The van der Waals surface area contributed by atoms with Gasteiger partial charge in [-0.25, -0.2) is 0 Å². The molecule has 1 atom stereocenters. The van der Waals surface area contributed by atoms with Crippen molar-refractivity contribution in [3.63, 3.8) is 0 Å².